The molecule has 1 saturated carbocycles. The smallest absolute Gasteiger partial charge is 0.408 e. The van der Waals surface area contributed by atoms with E-state index in [-0.39, 0.29) is 43.1 Å². The molecule has 0 spiro atoms. The molecule has 200 valence electrons. The van der Waals surface area contributed by atoms with Gasteiger partial charge in [-0.25, -0.2) is 4.79 Å². The van der Waals surface area contributed by atoms with Crippen LogP contribution in [0.25, 0.3) is 0 Å². The van der Waals surface area contributed by atoms with Gasteiger partial charge in [0.05, 0.1) is 0 Å². The fourth-order valence-electron chi connectivity index (χ4n) is 5.34. The lowest BCUT2D eigenvalue weighted by molar-refractivity contribution is -0.137. The van der Waals surface area contributed by atoms with Crippen molar-refractivity contribution in [3.63, 3.8) is 0 Å². The van der Waals surface area contributed by atoms with Gasteiger partial charge in [0.1, 0.15) is 17.7 Å². The van der Waals surface area contributed by atoms with Gasteiger partial charge in [-0.2, -0.15) is 0 Å². The van der Waals surface area contributed by atoms with Crippen molar-refractivity contribution in [2.75, 3.05) is 0 Å². The number of benzene rings is 1. The Hall–Kier alpha value is -3.43. The Morgan fingerprint density at radius 1 is 1.11 bits per heavy atom. The summed E-state index contributed by atoms with van der Waals surface area (Å²) in [5.41, 5.74) is 1.44. The van der Waals surface area contributed by atoms with E-state index in [1.165, 1.54) is 4.90 Å². The van der Waals surface area contributed by atoms with E-state index >= 15 is 0 Å². The number of nitrogens with zero attached hydrogens (tertiary/aromatic N) is 1. The van der Waals surface area contributed by atoms with Crippen LogP contribution >= 0.6 is 0 Å². The number of imide groups is 1. The van der Waals surface area contributed by atoms with Crippen LogP contribution in [0.3, 0.4) is 0 Å². The molecular formula is C27H36N4O6. The molecule has 37 heavy (non-hydrogen) atoms. The number of hydrogen-bond donors (Lipinski definition) is 3. The molecule has 2 aliphatic heterocycles. The maximum Gasteiger partial charge on any atom is 0.408 e. The average molecular weight is 513 g/mol. The summed E-state index contributed by atoms with van der Waals surface area (Å²) in [4.78, 5) is 63.8. The summed E-state index contributed by atoms with van der Waals surface area (Å²) in [5, 5.41) is 8.04. The molecule has 0 radical (unpaired) electrons. The van der Waals surface area contributed by atoms with E-state index in [4.69, 9.17) is 4.74 Å². The van der Waals surface area contributed by atoms with Crippen LogP contribution in [-0.4, -0.2) is 52.3 Å². The Morgan fingerprint density at radius 2 is 1.84 bits per heavy atom. The lowest BCUT2D eigenvalue weighted by atomic mass is 9.83. The molecule has 1 aromatic rings. The predicted octanol–water partition coefficient (Wildman–Crippen LogP) is 2.54. The van der Waals surface area contributed by atoms with Crippen LogP contribution < -0.4 is 16.0 Å². The van der Waals surface area contributed by atoms with Crippen molar-refractivity contribution in [1.82, 2.24) is 20.9 Å². The third-order valence-corrected chi connectivity index (χ3v) is 7.13. The van der Waals surface area contributed by atoms with E-state index < -0.39 is 29.7 Å². The van der Waals surface area contributed by atoms with Gasteiger partial charge in [-0.05, 0) is 63.1 Å². The number of hydrogen-bond acceptors (Lipinski definition) is 6. The minimum Gasteiger partial charge on any atom is -0.444 e. The van der Waals surface area contributed by atoms with E-state index in [9.17, 15) is 24.0 Å². The highest BCUT2D eigenvalue weighted by atomic mass is 16.6. The van der Waals surface area contributed by atoms with Crippen molar-refractivity contribution in [1.29, 1.82) is 0 Å². The molecule has 3 aliphatic rings. The van der Waals surface area contributed by atoms with Gasteiger partial charge in [-0.3, -0.25) is 24.5 Å². The Morgan fingerprint density at radius 3 is 2.51 bits per heavy atom. The molecule has 1 unspecified atom stereocenters. The molecule has 2 atom stereocenters. The summed E-state index contributed by atoms with van der Waals surface area (Å²) in [5.74, 6) is -1.23. The summed E-state index contributed by atoms with van der Waals surface area (Å²) < 4.78 is 5.39. The Kier molecular flexibility index (Phi) is 7.85. The lowest BCUT2D eigenvalue weighted by Crippen LogP contribution is -2.52. The van der Waals surface area contributed by atoms with Gasteiger partial charge in [-0.1, -0.05) is 31.4 Å². The number of piperidine rings is 1. The second-order valence-electron chi connectivity index (χ2n) is 11.1. The van der Waals surface area contributed by atoms with Crippen molar-refractivity contribution in [2.24, 2.45) is 5.92 Å². The van der Waals surface area contributed by atoms with Gasteiger partial charge in [0.15, 0.2) is 0 Å². The summed E-state index contributed by atoms with van der Waals surface area (Å²) in [6.45, 7) is 5.84. The van der Waals surface area contributed by atoms with Crippen LogP contribution in [0, 0.1) is 5.92 Å². The average Bonchev–Trinajstić information content (AvgIpc) is 3.16. The SMILES string of the molecule is CC(C)(C)OC(=O)N[C@H](C(=O)NCc1ccc2c(c1)CN(C1CCC(=O)NC1=O)C2=O)C1CCCCC1. The Labute approximate surface area is 216 Å². The first-order chi connectivity index (χ1) is 17.5. The summed E-state index contributed by atoms with van der Waals surface area (Å²) in [6.07, 6.45) is 4.80. The van der Waals surface area contributed by atoms with Crippen molar-refractivity contribution >= 4 is 29.7 Å². The van der Waals surface area contributed by atoms with Gasteiger partial charge in [-0.15, -0.1) is 0 Å². The maximum atomic E-state index is 13.2. The van der Waals surface area contributed by atoms with E-state index in [0.717, 1.165) is 43.2 Å². The Bertz CT molecular complexity index is 1090. The topological polar surface area (TPSA) is 134 Å². The predicted molar refractivity (Wildman–Crippen MR) is 134 cm³/mol. The number of alkyl carbamates (subject to hydrolysis) is 1. The number of fused-ring (bicyclic) bond motifs is 1. The number of rotatable bonds is 6. The number of carbonyl (C=O) groups excluding carboxylic acids is 5. The molecule has 1 aliphatic carbocycles. The molecule has 2 heterocycles. The molecule has 1 aromatic carbocycles. The zero-order chi connectivity index (χ0) is 26.7. The second kappa shape index (κ2) is 10.9. The fraction of sp³-hybridized carbons (Fsp3) is 0.593. The first-order valence-corrected chi connectivity index (χ1v) is 13.1. The molecular weight excluding hydrogens is 476 g/mol. The number of amides is 5. The monoisotopic (exact) mass is 512 g/mol. The van der Waals surface area contributed by atoms with Crippen molar-refractivity contribution in [3.05, 3.63) is 34.9 Å². The highest BCUT2D eigenvalue weighted by molar-refractivity contribution is 6.05. The minimum absolute atomic E-state index is 0.0426. The van der Waals surface area contributed by atoms with Crippen LogP contribution in [0.2, 0.25) is 0 Å². The molecule has 2 fully saturated rings. The van der Waals surface area contributed by atoms with Gasteiger partial charge in [0, 0.05) is 25.1 Å². The van der Waals surface area contributed by atoms with Crippen LogP contribution in [0.5, 0.6) is 0 Å². The zero-order valence-corrected chi connectivity index (χ0v) is 21.7. The molecule has 5 amide bonds. The Balaban J connectivity index is 1.40. The van der Waals surface area contributed by atoms with Gasteiger partial charge in [0.2, 0.25) is 17.7 Å². The second-order valence-corrected chi connectivity index (χ2v) is 11.1. The first kappa shape index (κ1) is 26.6. The molecule has 10 heteroatoms. The van der Waals surface area contributed by atoms with Crippen LogP contribution in [0.4, 0.5) is 4.79 Å². The highest BCUT2D eigenvalue weighted by Crippen LogP contribution is 2.29. The minimum atomic E-state index is -0.686. The van der Waals surface area contributed by atoms with Crippen LogP contribution in [-0.2, 0) is 32.2 Å². The number of carbonyl (C=O) groups is 5. The standard InChI is InChI=1S/C27H36N4O6/c1-27(2,3)37-26(36)30-22(17-7-5-4-6-8-17)24(34)28-14-16-9-10-19-18(13-16)15-31(25(19)35)20-11-12-21(32)29-23(20)33/h9-10,13,17,20,22H,4-8,11-12,14-15H2,1-3H3,(H,28,34)(H,30,36)(H,29,32,33)/t20?,22-/m0/s1. The van der Waals surface area contributed by atoms with Crippen LogP contribution in [0.15, 0.2) is 18.2 Å². The summed E-state index contributed by atoms with van der Waals surface area (Å²) in [7, 11) is 0. The van der Waals surface area contributed by atoms with Crippen LogP contribution in [0.1, 0.15) is 87.2 Å². The van der Waals surface area contributed by atoms with E-state index in [1.807, 2.05) is 6.07 Å². The van der Waals surface area contributed by atoms with E-state index in [2.05, 4.69) is 16.0 Å². The molecule has 1 saturated heterocycles. The van der Waals surface area contributed by atoms with E-state index in [1.54, 1.807) is 32.9 Å². The molecule has 4 rings (SSSR count). The van der Waals surface area contributed by atoms with Crippen molar-refractivity contribution < 1.29 is 28.7 Å². The van der Waals surface area contributed by atoms with Crippen molar-refractivity contribution in [2.45, 2.75) is 96.5 Å². The highest BCUT2D eigenvalue weighted by Gasteiger charge is 2.39. The zero-order valence-electron chi connectivity index (χ0n) is 21.7. The largest absolute Gasteiger partial charge is 0.444 e. The van der Waals surface area contributed by atoms with Gasteiger partial charge < -0.3 is 20.3 Å². The quantitative estimate of drug-likeness (QED) is 0.502. The molecule has 0 aromatic heterocycles. The van der Waals surface area contributed by atoms with Gasteiger partial charge >= 0.3 is 6.09 Å². The van der Waals surface area contributed by atoms with E-state index in [0.29, 0.717) is 12.0 Å². The summed E-state index contributed by atoms with van der Waals surface area (Å²) >= 11 is 0. The molecule has 3 N–H and O–H groups in total. The number of ether oxygens (including phenoxy) is 1. The maximum absolute atomic E-state index is 13.2. The van der Waals surface area contributed by atoms with Crippen molar-refractivity contribution in [3.8, 4) is 0 Å². The normalized spacial score (nSPS) is 21.2. The number of nitrogens with one attached hydrogen (secondary N) is 3. The third-order valence-electron chi connectivity index (χ3n) is 7.13. The lowest BCUT2D eigenvalue weighted by Gasteiger charge is -2.31. The summed E-state index contributed by atoms with van der Waals surface area (Å²) in [6, 6.07) is 3.99. The fourth-order valence-corrected chi connectivity index (χ4v) is 5.34. The molecule has 0 bridgehead atoms. The molecule has 10 nitrogen and oxygen atoms in total. The third kappa shape index (κ3) is 6.47. The van der Waals surface area contributed by atoms with Gasteiger partial charge in [0.25, 0.3) is 5.91 Å². The first-order valence-electron chi connectivity index (χ1n) is 13.1.